The van der Waals surface area contributed by atoms with E-state index in [1.54, 1.807) is 0 Å². The van der Waals surface area contributed by atoms with E-state index in [1.165, 1.54) is 0 Å². The molecule has 0 amide bonds. The van der Waals surface area contributed by atoms with E-state index in [4.69, 9.17) is 4.52 Å². The van der Waals surface area contributed by atoms with Gasteiger partial charge in [-0.15, -0.1) is 12.4 Å². The summed E-state index contributed by atoms with van der Waals surface area (Å²) < 4.78 is 41.4. The van der Waals surface area contributed by atoms with Crippen LogP contribution in [0.1, 0.15) is 30.2 Å². The lowest BCUT2D eigenvalue weighted by Gasteiger charge is -2.19. The zero-order chi connectivity index (χ0) is 10.9. The van der Waals surface area contributed by atoms with Gasteiger partial charge in [0.1, 0.15) is 5.76 Å². The summed E-state index contributed by atoms with van der Waals surface area (Å²) in [5, 5.41) is 6.18. The number of halogens is 4. The summed E-state index contributed by atoms with van der Waals surface area (Å²) in [7, 11) is 0. The molecule has 2 rings (SSSR count). The van der Waals surface area contributed by atoms with Gasteiger partial charge in [-0.1, -0.05) is 5.16 Å². The average Bonchev–Trinajstić information content (AvgIpc) is 2.67. The van der Waals surface area contributed by atoms with Crippen LogP contribution < -0.4 is 5.32 Å². The summed E-state index contributed by atoms with van der Waals surface area (Å²) in [4.78, 5) is 0. The Hall–Kier alpha value is -0.750. The molecule has 1 aliphatic heterocycles. The SMILES string of the molecule is Cl.FC(F)(F)c1cc(C2CCNCC2)on1. The smallest absolute Gasteiger partial charge is 0.361 e. The molecule has 1 aromatic heterocycles. The van der Waals surface area contributed by atoms with Crippen molar-refractivity contribution < 1.29 is 17.7 Å². The highest BCUT2D eigenvalue weighted by Gasteiger charge is 2.36. The van der Waals surface area contributed by atoms with Gasteiger partial charge in [0.15, 0.2) is 5.69 Å². The van der Waals surface area contributed by atoms with Crippen LogP contribution in [0.2, 0.25) is 0 Å². The molecule has 1 aliphatic rings. The van der Waals surface area contributed by atoms with Crippen molar-refractivity contribution in [3.63, 3.8) is 0 Å². The Bertz CT molecular complexity index is 334. The second-order valence-electron chi connectivity index (χ2n) is 3.64. The summed E-state index contributed by atoms with van der Waals surface area (Å²) >= 11 is 0. The van der Waals surface area contributed by atoms with E-state index >= 15 is 0 Å². The largest absolute Gasteiger partial charge is 0.436 e. The van der Waals surface area contributed by atoms with Gasteiger partial charge in [0.05, 0.1) is 0 Å². The number of hydrogen-bond acceptors (Lipinski definition) is 3. The summed E-state index contributed by atoms with van der Waals surface area (Å²) in [5.74, 6) is 0.415. The molecule has 0 atom stereocenters. The molecular weight excluding hydrogens is 245 g/mol. The first-order valence-corrected chi connectivity index (χ1v) is 4.82. The molecular formula is C9H12ClF3N2O. The fourth-order valence-electron chi connectivity index (χ4n) is 1.72. The Kier molecular flexibility index (Phi) is 4.21. The van der Waals surface area contributed by atoms with Crippen LogP contribution in [-0.2, 0) is 6.18 Å². The van der Waals surface area contributed by atoms with Crippen LogP contribution in [0.3, 0.4) is 0 Å². The molecule has 2 heterocycles. The zero-order valence-corrected chi connectivity index (χ0v) is 9.20. The van der Waals surface area contributed by atoms with Gasteiger partial charge in [-0.2, -0.15) is 13.2 Å². The highest BCUT2D eigenvalue weighted by atomic mass is 35.5. The van der Waals surface area contributed by atoms with E-state index < -0.39 is 11.9 Å². The topological polar surface area (TPSA) is 38.1 Å². The molecule has 1 aromatic rings. The van der Waals surface area contributed by atoms with Gasteiger partial charge in [-0.3, -0.25) is 0 Å². The molecule has 7 heteroatoms. The third kappa shape index (κ3) is 2.89. The highest BCUT2D eigenvalue weighted by molar-refractivity contribution is 5.85. The van der Waals surface area contributed by atoms with E-state index in [9.17, 15) is 13.2 Å². The van der Waals surface area contributed by atoms with Gasteiger partial charge in [0, 0.05) is 12.0 Å². The zero-order valence-electron chi connectivity index (χ0n) is 8.38. The Balaban J connectivity index is 0.00000128. The van der Waals surface area contributed by atoms with Crippen molar-refractivity contribution in [3.8, 4) is 0 Å². The Morgan fingerprint density at radius 2 is 1.94 bits per heavy atom. The van der Waals surface area contributed by atoms with E-state index in [-0.39, 0.29) is 18.3 Å². The summed E-state index contributed by atoms with van der Waals surface area (Å²) in [6.45, 7) is 1.62. The predicted octanol–water partition coefficient (Wildman–Crippen LogP) is 2.58. The quantitative estimate of drug-likeness (QED) is 0.839. The van der Waals surface area contributed by atoms with Crippen LogP contribution in [0.15, 0.2) is 10.6 Å². The molecule has 0 bridgehead atoms. The molecule has 0 saturated carbocycles. The lowest BCUT2D eigenvalue weighted by Crippen LogP contribution is -2.26. The number of aromatic nitrogens is 1. The van der Waals surface area contributed by atoms with Crippen LogP contribution in [0.25, 0.3) is 0 Å². The molecule has 92 valence electrons. The number of rotatable bonds is 1. The minimum absolute atomic E-state index is 0. The average molecular weight is 257 g/mol. The number of nitrogens with zero attached hydrogens (tertiary/aromatic N) is 1. The number of alkyl halides is 3. The molecule has 0 aromatic carbocycles. The third-order valence-corrected chi connectivity index (χ3v) is 2.56. The first kappa shape index (κ1) is 13.3. The van der Waals surface area contributed by atoms with Crippen molar-refractivity contribution in [3.05, 3.63) is 17.5 Å². The molecule has 1 N–H and O–H groups in total. The molecule has 0 radical (unpaired) electrons. The Labute approximate surface area is 96.8 Å². The van der Waals surface area contributed by atoms with Crippen LogP contribution >= 0.6 is 12.4 Å². The third-order valence-electron chi connectivity index (χ3n) is 2.56. The Morgan fingerprint density at radius 3 is 2.44 bits per heavy atom. The second kappa shape index (κ2) is 5.05. The number of hydrogen-bond donors (Lipinski definition) is 1. The van der Waals surface area contributed by atoms with E-state index in [0.29, 0.717) is 5.76 Å². The summed E-state index contributed by atoms with van der Waals surface area (Å²) in [5.41, 5.74) is -0.934. The molecule has 1 saturated heterocycles. The molecule has 1 fully saturated rings. The van der Waals surface area contributed by atoms with Crippen molar-refractivity contribution in [2.24, 2.45) is 0 Å². The van der Waals surface area contributed by atoms with Crippen molar-refractivity contribution in [2.75, 3.05) is 13.1 Å². The summed E-state index contributed by atoms with van der Waals surface area (Å²) in [6.07, 6.45) is -2.81. The lowest BCUT2D eigenvalue weighted by molar-refractivity contribution is -0.142. The van der Waals surface area contributed by atoms with E-state index in [2.05, 4.69) is 10.5 Å². The first-order valence-electron chi connectivity index (χ1n) is 4.82. The molecule has 3 nitrogen and oxygen atoms in total. The normalized spacial score (nSPS) is 18.2. The van der Waals surface area contributed by atoms with Gasteiger partial charge in [0.25, 0.3) is 0 Å². The van der Waals surface area contributed by atoms with Crippen molar-refractivity contribution in [1.82, 2.24) is 10.5 Å². The number of piperidine rings is 1. The first-order chi connectivity index (χ1) is 7.07. The summed E-state index contributed by atoms with van der Waals surface area (Å²) in [6, 6.07) is 1.01. The van der Waals surface area contributed by atoms with Crippen LogP contribution in [-0.4, -0.2) is 18.2 Å². The maximum absolute atomic E-state index is 12.2. The lowest BCUT2D eigenvalue weighted by atomic mass is 9.95. The maximum Gasteiger partial charge on any atom is 0.436 e. The Morgan fingerprint density at radius 1 is 1.31 bits per heavy atom. The standard InChI is InChI=1S/C9H11F3N2O.ClH/c10-9(11,12)8-5-7(15-14-8)6-1-3-13-4-2-6;/h5-6,13H,1-4H2;1H. The van der Waals surface area contributed by atoms with Crippen molar-refractivity contribution >= 4 is 12.4 Å². The minimum Gasteiger partial charge on any atom is -0.361 e. The highest BCUT2D eigenvalue weighted by Crippen LogP contribution is 2.32. The van der Waals surface area contributed by atoms with Gasteiger partial charge in [0.2, 0.25) is 0 Å². The van der Waals surface area contributed by atoms with Gasteiger partial charge in [-0.05, 0) is 25.9 Å². The second-order valence-corrected chi connectivity index (χ2v) is 3.64. The van der Waals surface area contributed by atoms with E-state index in [1.807, 2.05) is 0 Å². The maximum atomic E-state index is 12.2. The molecule has 16 heavy (non-hydrogen) atoms. The van der Waals surface area contributed by atoms with Crippen molar-refractivity contribution in [1.29, 1.82) is 0 Å². The van der Waals surface area contributed by atoms with Crippen molar-refractivity contribution in [2.45, 2.75) is 24.9 Å². The minimum atomic E-state index is -4.41. The van der Waals surface area contributed by atoms with Gasteiger partial charge >= 0.3 is 6.18 Å². The molecule has 0 unspecified atom stereocenters. The van der Waals surface area contributed by atoms with E-state index in [0.717, 1.165) is 32.0 Å². The van der Waals surface area contributed by atoms with Gasteiger partial charge in [-0.25, -0.2) is 0 Å². The number of nitrogens with one attached hydrogen (secondary N) is 1. The monoisotopic (exact) mass is 256 g/mol. The van der Waals surface area contributed by atoms with Gasteiger partial charge < -0.3 is 9.84 Å². The fraction of sp³-hybridized carbons (Fsp3) is 0.667. The van der Waals surface area contributed by atoms with Crippen LogP contribution in [0, 0.1) is 0 Å². The molecule has 0 spiro atoms. The van der Waals surface area contributed by atoms with Crippen LogP contribution in [0.4, 0.5) is 13.2 Å². The molecule has 0 aliphatic carbocycles. The predicted molar refractivity (Wildman–Crippen MR) is 53.6 cm³/mol. The fourth-order valence-corrected chi connectivity index (χ4v) is 1.72. The van der Waals surface area contributed by atoms with Crippen LogP contribution in [0.5, 0.6) is 0 Å².